The summed E-state index contributed by atoms with van der Waals surface area (Å²) in [5.41, 5.74) is 4.04. The summed E-state index contributed by atoms with van der Waals surface area (Å²) in [6, 6.07) is 15.6. The average Bonchev–Trinajstić information content (AvgIpc) is 3.07. The van der Waals surface area contributed by atoms with E-state index < -0.39 is 9.84 Å². The van der Waals surface area contributed by atoms with E-state index in [4.69, 9.17) is 0 Å². The fourth-order valence-corrected chi connectivity index (χ4v) is 7.60. The molecule has 2 aliphatic rings. The Balaban J connectivity index is 1.63. The first-order valence-electron chi connectivity index (χ1n) is 9.21. The molecule has 2 atom stereocenters. The van der Waals surface area contributed by atoms with Crippen LogP contribution < -0.4 is 4.90 Å². The van der Waals surface area contributed by atoms with Crippen LogP contribution in [0.15, 0.2) is 53.5 Å². The van der Waals surface area contributed by atoms with E-state index in [1.165, 1.54) is 11.8 Å². The van der Waals surface area contributed by atoms with E-state index in [-0.39, 0.29) is 35.1 Å². The number of fused-ring (bicyclic) bond motifs is 1. The van der Waals surface area contributed by atoms with E-state index in [1.807, 2.05) is 67.3 Å². The van der Waals surface area contributed by atoms with E-state index in [2.05, 4.69) is 4.99 Å². The average molecular weight is 415 g/mol. The summed E-state index contributed by atoms with van der Waals surface area (Å²) in [7, 11) is -3.06. The Labute approximate surface area is 169 Å². The summed E-state index contributed by atoms with van der Waals surface area (Å²) in [4.78, 5) is 18.9. The molecule has 0 N–H and O–H groups in total. The van der Waals surface area contributed by atoms with E-state index >= 15 is 0 Å². The third-order valence-electron chi connectivity index (χ3n) is 5.04. The van der Waals surface area contributed by atoms with Gasteiger partial charge in [0, 0.05) is 10.9 Å². The van der Waals surface area contributed by atoms with E-state index in [1.54, 1.807) is 0 Å². The van der Waals surface area contributed by atoms with Crippen molar-refractivity contribution in [1.29, 1.82) is 0 Å². The minimum atomic E-state index is -3.06. The van der Waals surface area contributed by atoms with E-state index in [9.17, 15) is 13.2 Å². The molecule has 0 aromatic heterocycles. The third kappa shape index (κ3) is 4.00. The van der Waals surface area contributed by atoms with Crippen LogP contribution in [0.3, 0.4) is 0 Å². The SMILES string of the molecule is Cc1ccc(CC(=O)N=C2S[C@@H]3CS(=O)(=O)C[C@@H]3N2c2cccc(C)c2)cc1. The fraction of sp³-hybridized carbons (Fsp3) is 0.333. The first kappa shape index (κ1) is 19.2. The van der Waals surface area contributed by atoms with Crippen LogP contribution in [0.4, 0.5) is 5.69 Å². The molecule has 0 spiro atoms. The molecule has 2 aliphatic heterocycles. The molecule has 2 aromatic rings. The smallest absolute Gasteiger partial charge is 0.252 e. The molecule has 5 nitrogen and oxygen atoms in total. The summed E-state index contributed by atoms with van der Waals surface area (Å²) in [6.07, 6.45) is 0.236. The number of amides is 1. The number of carbonyl (C=O) groups excluding carboxylic acids is 1. The first-order chi connectivity index (χ1) is 13.3. The summed E-state index contributed by atoms with van der Waals surface area (Å²) in [5.74, 6) is 0.0198. The van der Waals surface area contributed by atoms with Crippen molar-refractivity contribution in [1.82, 2.24) is 0 Å². The number of amidine groups is 1. The fourth-order valence-electron chi connectivity index (χ4n) is 3.67. The second-order valence-corrected chi connectivity index (χ2v) is 10.8. The molecule has 7 heteroatoms. The highest BCUT2D eigenvalue weighted by atomic mass is 32.2. The van der Waals surface area contributed by atoms with Crippen molar-refractivity contribution in [2.45, 2.75) is 31.6 Å². The maximum absolute atomic E-state index is 12.6. The Hall–Kier alpha value is -2.12. The molecular weight excluding hydrogens is 392 g/mol. The number of anilines is 1. The molecule has 146 valence electrons. The lowest BCUT2D eigenvalue weighted by Gasteiger charge is -2.24. The summed E-state index contributed by atoms with van der Waals surface area (Å²) < 4.78 is 24.3. The van der Waals surface area contributed by atoms with E-state index in [0.717, 1.165) is 22.4 Å². The Morgan fingerprint density at radius 1 is 1.11 bits per heavy atom. The minimum Gasteiger partial charge on any atom is -0.316 e. The van der Waals surface area contributed by atoms with Gasteiger partial charge < -0.3 is 4.90 Å². The number of sulfone groups is 1. The monoisotopic (exact) mass is 414 g/mol. The van der Waals surface area contributed by atoms with Gasteiger partial charge in [-0.25, -0.2) is 8.42 Å². The van der Waals surface area contributed by atoms with Crippen molar-refractivity contribution in [3.63, 3.8) is 0 Å². The Morgan fingerprint density at radius 3 is 2.57 bits per heavy atom. The van der Waals surface area contributed by atoms with E-state index in [0.29, 0.717) is 5.17 Å². The Kier molecular flexibility index (Phi) is 5.05. The summed E-state index contributed by atoms with van der Waals surface area (Å²) in [6.45, 7) is 4.00. The normalized spacial score (nSPS) is 24.5. The highest BCUT2D eigenvalue weighted by Gasteiger charge is 2.49. The van der Waals surface area contributed by atoms with Gasteiger partial charge in [0.05, 0.1) is 24.0 Å². The molecule has 0 radical (unpaired) electrons. The zero-order valence-corrected chi connectivity index (χ0v) is 17.5. The van der Waals surface area contributed by atoms with Gasteiger partial charge in [-0.2, -0.15) is 4.99 Å². The number of aryl methyl sites for hydroxylation is 2. The highest BCUT2D eigenvalue weighted by molar-refractivity contribution is 8.16. The maximum Gasteiger partial charge on any atom is 0.252 e. The molecule has 4 rings (SSSR count). The van der Waals surface area contributed by atoms with Gasteiger partial charge in [-0.15, -0.1) is 0 Å². The molecule has 0 bridgehead atoms. The van der Waals surface area contributed by atoms with Crippen LogP contribution in [0.25, 0.3) is 0 Å². The lowest BCUT2D eigenvalue weighted by Crippen LogP contribution is -2.37. The molecule has 2 aromatic carbocycles. The predicted molar refractivity (Wildman–Crippen MR) is 115 cm³/mol. The zero-order chi connectivity index (χ0) is 19.9. The van der Waals surface area contributed by atoms with Gasteiger partial charge in [0.1, 0.15) is 0 Å². The van der Waals surface area contributed by atoms with Crippen molar-refractivity contribution in [2.75, 3.05) is 16.4 Å². The molecule has 2 fully saturated rings. The lowest BCUT2D eigenvalue weighted by atomic mass is 10.1. The summed E-state index contributed by atoms with van der Waals surface area (Å²) >= 11 is 1.41. The Morgan fingerprint density at radius 2 is 1.86 bits per heavy atom. The Bertz CT molecular complexity index is 1050. The number of hydrogen-bond donors (Lipinski definition) is 0. The topological polar surface area (TPSA) is 66.8 Å². The summed E-state index contributed by atoms with van der Waals surface area (Å²) in [5, 5.41) is 0.518. The standard InChI is InChI=1S/C21H22N2O3S2/c1-14-6-8-16(9-7-14)11-20(24)22-21-23(17-5-3-4-15(2)10-17)18-12-28(25,26)13-19(18)27-21/h3-10,18-19H,11-13H2,1-2H3/t18-,19+/m0/s1. The number of thioether (sulfide) groups is 1. The van der Waals surface area contributed by atoms with Crippen LogP contribution in [0.5, 0.6) is 0 Å². The van der Waals surface area contributed by atoms with Crippen molar-refractivity contribution in [3.8, 4) is 0 Å². The van der Waals surface area contributed by atoms with Crippen LogP contribution in [0, 0.1) is 13.8 Å². The molecule has 28 heavy (non-hydrogen) atoms. The molecule has 0 saturated carbocycles. The van der Waals surface area contributed by atoms with Gasteiger partial charge >= 0.3 is 0 Å². The number of rotatable bonds is 3. The number of nitrogens with zero attached hydrogens (tertiary/aromatic N) is 2. The second-order valence-electron chi connectivity index (χ2n) is 7.46. The molecule has 0 aliphatic carbocycles. The van der Waals surface area contributed by atoms with Crippen molar-refractivity contribution >= 4 is 38.4 Å². The van der Waals surface area contributed by atoms with Crippen molar-refractivity contribution in [3.05, 3.63) is 65.2 Å². The van der Waals surface area contributed by atoms with Crippen molar-refractivity contribution < 1.29 is 13.2 Å². The number of benzene rings is 2. The largest absolute Gasteiger partial charge is 0.316 e. The van der Waals surface area contributed by atoms with Gasteiger partial charge in [0.2, 0.25) is 0 Å². The van der Waals surface area contributed by atoms with Gasteiger partial charge in [-0.3, -0.25) is 4.79 Å². The van der Waals surface area contributed by atoms with Crippen LogP contribution in [-0.4, -0.2) is 42.3 Å². The first-order valence-corrected chi connectivity index (χ1v) is 11.9. The van der Waals surface area contributed by atoms with Crippen LogP contribution in [-0.2, 0) is 21.1 Å². The predicted octanol–water partition coefficient (Wildman–Crippen LogP) is 3.15. The molecule has 2 heterocycles. The molecule has 1 amide bonds. The quantitative estimate of drug-likeness (QED) is 0.772. The number of carbonyl (C=O) groups is 1. The number of aliphatic imine (C=N–C) groups is 1. The lowest BCUT2D eigenvalue weighted by molar-refractivity contribution is -0.117. The highest BCUT2D eigenvalue weighted by Crippen LogP contribution is 2.41. The second kappa shape index (κ2) is 7.37. The van der Waals surface area contributed by atoms with Gasteiger partial charge in [0.15, 0.2) is 15.0 Å². The third-order valence-corrected chi connectivity index (χ3v) is 8.25. The van der Waals surface area contributed by atoms with Crippen LogP contribution in [0.1, 0.15) is 16.7 Å². The zero-order valence-electron chi connectivity index (χ0n) is 15.8. The molecule has 2 saturated heterocycles. The van der Waals surface area contributed by atoms with Crippen LogP contribution in [0.2, 0.25) is 0 Å². The maximum atomic E-state index is 12.6. The van der Waals surface area contributed by atoms with Gasteiger partial charge in [0.25, 0.3) is 5.91 Å². The minimum absolute atomic E-state index is 0.0866. The van der Waals surface area contributed by atoms with Crippen molar-refractivity contribution in [2.24, 2.45) is 4.99 Å². The van der Waals surface area contributed by atoms with Crippen LogP contribution >= 0.6 is 11.8 Å². The van der Waals surface area contributed by atoms with Gasteiger partial charge in [-0.05, 0) is 37.1 Å². The molecular formula is C21H22N2O3S2. The number of hydrogen-bond acceptors (Lipinski definition) is 4. The van der Waals surface area contributed by atoms with Gasteiger partial charge in [-0.1, -0.05) is 53.7 Å². The molecule has 0 unspecified atom stereocenters.